The lowest BCUT2D eigenvalue weighted by Gasteiger charge is -2.34. The zero-order valence-corrected chi connectivity index (χ0v) is 17.9. The molecule has 0 unspecified atom stereocenters. The highest BCUT2D eigenvalue weighted by Crippen LogP contribution is 2.30. The Morgan fingerprint density at radius 2 is 1.86 bits per heavy atom. The molecule has 3 rings (SSSR count). The number of rotatable bonds is 5. The fourth-order valence-electron chi connectivity index (χ4n) is 3.61. The van der Waals surface area contributed by atoms with Crippen molar-refractivity contribution in [2.24, 2.45) is 11.8 Å². The van der Waals surface area contributed by atoms with E-state index in [9.17, 15) is 17.6 Å². The van der Waals surface area contributed by atoms with Gasteiger partial charge in [0.1, 0.15) is 5.82 Å². The van der Waals surface area contributed by atoms with Crippen LogP contribution >= 0.6 is 11.6 Å². The minimum absolute atomic E-state index is 0.145. The van der Waals surface area contributed by atoms with Crippen LogP contribution in [0.1, 0.15) is 43.5 Å². The molecule has 1 amide bonds. The number of anilines is 1. The monoisotopic (exact) mass is 438 g/mol. The molecule has 1 aliphatic carbocycles. The average Bonchev–Trinajstić information content (AvgIpc) is 2.67. The largest absolute Gasteiger partial charge is 0.321 e. The van der Waals surface area contributed by atoms with Gasteiger partial charge in [0.15, 0.2) is 0 Å². The average molecular weight is 439 g/mol. The summed E-state index contributed by atoms with van der Waals surface area (Å²) in [5.41, 5.74) is -0.0483. The first-order valence-corrected chi connectivity index (χ1v) is 11.4. The quantitative estimate of drug-likeness (QED) is 0.701. The van der Waals surface area contributed by atoms with E-state index in [0.717, 1.165) is 31.4 Å². The van der Waals surface area contributed by atoms with E-state index < -0.39 is 21.7 Å². The number of halogens is 2. The van der Waals surface area contributed by atoms with Gasteiger partial charge in [-0.05, 0) is 48.6 Å². The summed E-state index contributed by atoms with van der Waals surface area (Å²) in [7, 11) is -3.89. The van der Waals surface area contributed by atoms with E-state index in [1.807, 2.05) is 6.92 Å². The molecule has 29 heavy (non-hydrogen) atoms. The maximum absolute atomic E-state index is 14.3. The van der Waals surface area contributed by atoms with Gasteiger partial charge in [0.25, 0.3) is 5.91 Å². The molecule has 0 aliphatic heterocycles. The number of amides is 1. The third-order valence-electron chi connectivity index (χ3n) is 5.63. The number of sulfonamides is 1. The van der Waals surface area contributed by atoms with Crippen molar-refractivity contribution in [1.82, 2.24) is 4.72 Å². The van der Waals surface area contributed by atoms with E-state index in [4.69, 9.17) is 11.6 Å². The number of hydrogen-bond acceptors (Lipinski definition) is 3. The van der Waals surface area contributed by atoms with Gasteiger partial charge in [-0.2, -0.15) is 0 Å². The van der Waals surface area contributed by atoms with E-state index in [2.05, 4.69) is 17.0 Å². The van der Waals surface area contributed by atoms with Crippen molar-refractivity contribution in [1.29, 1.82) is 0 Å². The molecule has 8 heteroatoms. The molecule has 5 nitrogen and oxygen atoms in total. The molecule has 1 fully saturated rings. The van der Waals surface area contributed by atoms with Gasteiger partial charge in [0.2, 0.25) is 10.0 Å². The Kier molecular flexibility index (Phi) is 6.61. The second kappa shape index (κ2) is 8.81. The van der Waals surface area contributed by atoms with Crippen LogP contribution in [0, 0.1) is 17.7 Å². The van der Waals surface area contributed by atoms with Crippen LogP contribution in [-0.2, 0) is 10.0 Å². The Bertz CT molecular complexity index is 1010. The molecule has 2 N–H and O–H groups in total. The third kappa shape index (κ3) is 4.97. The first-order valence-electron chi connectivity index (χ1n) is 9.57. The SMILES string of the molecule is C[C@@H]1[C@H](C)CCC[C@@H]1NS(=O)(=O)c1ccc(F)c(C(=O)Nc2ccccc2Cl)c1. The second-order valence-corrected chi connectivity index (χ2v) is 9.69. The molecule has 0 bridgehead atoms. The number of hydrogen-bond donors (Lipinski definition) is 2. The van der Waals surface area contributed by atoms with Crippen molar-refractivity contribution in [3.8, 4) is 0 Å². The second-order valence-electron chi connectivity index (χ2n) is 7.57. The van der Waals surface area contributed by atoms with Crippen molar-refractivity contribution in [3.05, 3.63) is 58.9 Å². The molecule has 1 aliphatic rings. The van der Waals surface area contributed by atoms with Crippen LogP contribution in [0.4, 0.5) is 10.1 Å². The van der Waals surface area contributed by atoms with Gasteiger partial charge in [0.05, 0.1) is 21.2 Å². The van der Waals surface area contributed by atoms with Gasteiger partial charge in [-0.1, -0.05) is 50.4 Å². The van der Waals surface area contributed by atoms with Crippen LogP contribution in [0.15, 0.2) is 47.4 Å². The summed E-state index contributed by atoms with van der Waals surface area (Å²) in [6, 6.07) is 9.56. The van der Waals surface area contributed by atoms with Crippen molar-refractivity contribution < 1.29 is 17.6 Å². The van der Waals surface area contributed by atoms with Crippen LogP contribution in [0.5, 0.6) is 0 Å². The van der Waals surface area contributed by atoms with E-state index >= 15 is 0 Å². The summed E-state index contributed by atoms with van der Waals surface area (Å²) in [4.78, 5) is 12.4. The normalized spacial score (nSPS) is 22.3. The van der Waals surface area contributed by atoms with Crippen LogP contribution in [0.3, 0.4) is 0 Å². The summed E-state index contributed by atoms with van der Waals surface area (Å²) in [5.74, 6) is -0.968. The predicted molar refractivity (Wildman–Crippen MR) is 112 cm³/mol. The molecule has 2 aromatic carbocycles. The summed E-state index contributed by atoms with van der Waals surface area (Å²) in [5, 5.41) is 2.81. The Balaban J connectivity index is 1.84. The van der Waals surface area contributed by atoms with E-state index in [-0.39, 0.29) is 22.4 Å². The van der Waals surface area contributed by atoms with Gasteiger partial charge < -0.3 is 5.32 Å². The number of carbonyl (C=O) groups excluding carboxylic acids is 1. The fraction of sp³-hybridized carbons (Fsp3) is 0.381. The van der Waals surface area contributed by atoms with Crippen LogP contribution < -0.4 is 10.0 Å². The fourth-order valence-corrected chi connectivity index (χ4v) is 5.18. The van der Waals surface area contributed by atoms with Gasteiger partial charge >= 0.3 is 0 Å². The Hall–Kier alpha value is -1.96. The number of carbonyl (C=O) groups is 1. The van der Waals surface area contributed by atoms with Crippen molar-refractivity contribution in [2.45, 2.75) is 44.0 Å². The van der Waals surface area contributed by atoms with Gasteiger partial charge in [-0.25, -0.2) is 17.5 Å². The first kappa shape index (κ1) is 21.7. The van der Waals surface area contributed by atoms with E-state index in [1.165, 1.54) is 6.07 Å². The zero-order valence-electron chi connectivity index (χ0n) is 16.3. The van der Waals surface area contributed by atoms with Crippen molar-refractivity contribution >= 4 is 33.2 Å². The molecule has 0 saturated heterocycles. The highest BCUT2D eigenvalue weighted by molar-refractivity contribution is 7.89. The van der Waals surface area contributed by atoms with E-state index in [1.54, 1.807) is 24.3 Å². The maximum atomic E-state index is 14.3. The van der Waals surface area contributed by atoms with Crippen molar-refractivity contribution in [2.75, 3.05) is 5.32 Å². The van der Waals surface area contributed by atoms with Gasteiger partial charge in [-0.15, -0.1) is 0 Å². The molecular weight excluding hydrogens is 415 g/mol. The van der Waals surface area contributed by atoms with Crippen LogP contribution in [0.25, 0.3) is 0 Å². The molecule has 1 saturated carbocycles. The van der Waals surface area contributed by atoms with Gasteiger partial charge in [-0.3, -0.25) is 4.79 Å². The molecule has 0 heterocycles. The summed E-state index contributed by atoms with van der Waals surface area (Å²) in [6.07, 6.45) is 2.78. The minimum atomic E-state index is -3.89. The van der Waals surface area contributed by atoms with Gasteiger partial charge in [0, 0.05) is 6.04 Å². The lowest BCUT2D eigenvalue weighted by Crippen LogP contribution is -2.43. The molecule has 3 atom stereocenters. The highest BCUT2D eigenvalue weighted by Gasteiger charge is 2.31. The predicted octanol–water partition coefficient (Wildman–Crippen LogP) is 4.83. The third-order valence-corrected chi connectivity index (χ3v) is 7.45. The standard InChI is InChI=1S/C21H24ClFN2O3S/c1-13-6-5-9-19(14(13)2)25-29(27,28)15-10-11-18(23)16(12-15)21(26)24-20-8-4-3-7-17(20)22/h3-4,7-8,10-14,19,25H,5-6,9H2,1-2H3,(H,24,26)/t13-,14-,19+/m1/s1. The van der Waals surface area contributed by atoms with E-state index in [0.29, 0.717) is 16.6 Å². The summed E-state index contributed by atoms with van der Waals surface area (Å²) in [6.45, 7) is 4.14. The molecule has 0 spiro atoms. The number of nitrogens with one attached hydrogen (secondary N) is 2. The van der Waals surface area contributed by atoms with Crippen LogP contribution in [-0.4, -0.2) is 20.4 Å². The Morgan fingerprint density at radius 1 is 1.14 bits per heavy atom. The molecule has 2 aromatic rings. The summed E-state index contributed by atoms with van der Waals surface area (Å²) < 4.78 is 42.7. The molecule has 0 aromatic heterocycles. The molecular formula is C21H24ClFN2O3S. The number of para-hydroxylation sites is 1. The first-order chi connectivity index (χ1) is 13.7. The lowest BCUT2D eigenvalue weighted by atomic mass is 9.78. The minimum Gasteiger partial charge on any atom is -0.321 e. The summed E-state index contributed by atoms with van der Waals surface area (Å²) >= 11 is 6.02. The molecule has 156 valence electrons. The number of benzene rings is 2. The topological polar surface area (TPSA) is 75.3 Å². The van der Waals surface area contributed by atoms with Crippen molar-refractivity contribution in [3.63, 3.8) is 0 Å². The maximum Gasteiger partial charge on any atom is 0.258 e. The smallest absolute Gasteiger partial charge is 0.258 e. The highest BCUT2D eigenvalue weighted by atomic mass is 35.5. The lowest BCUT2D eigenvalue weighted by molar-refractivity contribution is 0.102. The zero-order chi connectivity index (χ0) is 21.2. The van der Waals surface area contributed by atoms with Crippen LogP contribution in [0.2, 0.25) is 5.02 Å². The Labute approximate surface area is 175 Å². The Morgan fingerprint density at radius 3 is 2.59 bits per heavy atom. The molecule has 0 radical (unpaired) electrons.